The third kappa shape index (κ3) is 2.94. The third-order valence-corrected chi connectivity index (χ3v) is 4.82. The van der Waals surface area contributed by atoms with Crippen molar-refractivity contribution in [3.05, 3.63) is 48.3 Å². The van der Waals surface area contributed by atoms with E-state index >= 15 is 0 Å². The first-order chi connectivity index (χ1) is 10.8. The summed E-state index contributed by atoms with van der Waals surface area (Å²) in [5.74, 6) is 0. The van der Waals surface area contributed by atoms with Crippen molar-refractivity contribution >= 4 is 12.6 Å². The fourth-order valence-corrected chi connectivity index (χ4v) is 2.64. The van der Waals surface area contributed by atoms with Gasteiger partial charge in [0.25, 0.3) is 0 Å². The van der Waals surface area contributed by atoms with Gasteiger partial charge in [-0.3, -0.25) is 4.68 Å². The molecule has 0 aliphatic carbocycles. The van der Waals surface area contributed by atoms with Crippen LogP contribution < -0.4 is 5.46 Å². The molecule has 0 spiro atoms. The van der Waals surface area contributed by atoms with Crippen LogP contribution in [0.25, 0.3) is 0 Å². The van der Waals surface area contributed by atoms with Crippen molar-refractivity contribution in [3.63, 3.8) is 0 Å². The number of hydrogen-bond acceptors (Lipinski definition) is 4. The number of aliphatic hydroxyl groups excluding tert-OH is 1. The monoisotopic (exact) mass is 314 g/mol. The van der Waals surface area contributed by atoms with Crippen LogP contribution in [0.5, 0.6) is 0 Å². The lowest BCUT2D eigenvalue weighted by Crippen LogP contribution is -2.41. The van der Waals surface area contributed by atoms with Gasteiger partial charge in [-0.05, 0) is 33.3 Å². The van der Waals surface area contributed by atoms with E-state index in [-0.39, 0.29) is 23.9 Å². The number of rotatable bonds is 4. The third-order valence-electron chi connectivity index (χ3n) is 4.82. The van der Waals surface area contributed by atoms with Crippen molar-refractivity contribution in [1.82, 2.24) is 9.78 Å². The molecule has 5 nitrogen and oxygen atoms in total. The first kappa shape index (κ1) is 16.2. The highest BCUT2D eigenvalue weighted by molar-refractivity contribution is 6.62. The van der Waals surface area contributed by atoms with Gasteiger partial charge in [0.2, 0.25) is 0 Å². The summed E-state index contributed by atoms with van der Waals surface area (Å²) in [6.45, 7) is 8.08. The minimum absolute atomic E-state index is 0.0193. The van der Waals surface area contributed by atoms with Gasteiger partial charge in [0.15, 0.2) is 0 Å². The van der Waals surface area contributed by atoms with Gasteiger partial charge in [-0.15, -0.1) is 0 Å². The van der Waals surface area contributed by atoms with Crippen LogP contribution in [-0.4, -0.2) is 39.8 Å². The standard InChI is InChI=1S/C17H23BN2O3/c1-16(2)17(3,4)23-18(22-16)14-10-19-20(11-14)15(12-21)13-8-6-5-7-9-13/h5-11,15,21H,12H2,1-4H3/t15-/m0/s1. The van der Waals surface area contributed by atoms with Crippen molar-refractivity contribution in [2.45, 2.75) is 44.9 Å². The summed E-state index contributed by atoms with van der Waals surface area (Å²) in [4.78, 5) is 0. The van der Waals surface area contributed by atoms with E-state index in [9.17, 15) is 5.11 Å². The molecule has 1 aliphatic rings. The van der Waals surface area contributed by atoms with Gasteiger partial charge in [-0.2, -0.15) is 5.10 Å². The molecule has 1 saturated heterocycles. The molecule has 6 heteroatoms. The molecule has 2 aromatic rings. The number of aliphatic hydroxyl groups is 1. The SMILES string of the molecule is CC1(C)OB(c2cnn([C@@H](CO)c3ccccc3)c2)OC1(C)C. The maximum atomic E-state index is 9.75. The topological polar surface area (TPSA) is 56.5 Å². The van der Waals surface area contributed by atoms with Gasteiger partial charge in [-0.25, -0.2) is 0 Å². The minimum atomic E-state index is -0.441. The van der Waals surface area contributed by atoms with E-state index in [1.807, 2.05) is 64.2 Å². The first-order valence-corrected chi connectivity index (χ1v) is 7.89. The Labute approximate surface area is 137 Å². The molecule has 1 aliphatic heterocycles. The zero-order chi connectivity index (χ0) is 16.7. The van der Waals surface area contributed by atoms with Gasteiger partial charge in [0.05, 0.1) is 23.9 Å². The molecular weight excluding hydrogens is 291 g/mol. The molecule has 1 aromatic heterocycles. The van der Waals surface area contributed by atoms with Crippen LogP contribution in [0.3, 0.4) is 0 Å². The number of benzene rings is 1. The summed E-state index contributed by atoms with van der Waals surface area (Å²) in [6, 6.07) is 9.62. The average Bonchev–Trinajstić information content (AvgIpc) is 3.05. The van der Waals surface area contributed by atoms with E-state index in [0.29, 0.717) is 0 Å². The van der Waals surface area contributed by atoms with Crippen LogP contribution >= 0.6 is 0 Å². The summed E-state index contributed by atoms with van der Waals surface area (Å²) in [7, 11) is -0.441. The Morgan fingerprint density at radius 1 is 1.13 bits per heavy atom. The predicted molar refractivity (Wildman–Crippen MR) is 89.6 cm³/mol. The molecule has 0 unspecified atom stereocenters. The molecule has 0 bridgehead atoms. The van der Waals surface area contributed by atoms with E-state index in [1.54, 1.807) is 10.9 Å². The maximum absolute atomic E-state index is 9.75. The van der Waals surface area contributed by atoms with Crippen LogP contribution in [0, 0.1) is 0 Å². The average molecular weight is 314 g/mol. The second kappa shape index (κ2) is 5.78. The van der Waals surface area contributed by atoms with Crippen LogP contribution in [0.2, 0.25) is 0 Å². The molecule has 3 rings (SSSR count). The van der Waals surface area contributed by atoms with E-state index in [4.69, 9.17) is 9.31 Å². The molecule has 0 saturated carbocycles. The molecule has 1 aromatic carbocycles. The van der Waals surface area contributed by atoms with Crippen molar-refractivity contribution in [3.8, 4) is 0 Å². The molecule has 1 N–H and O–H groups in total. The van der Waals surface area contributed by atoms with Crippen LogP contribution in [0.1, 0.15) is 39.3 Å². The smallest absolute Gasteiger partial charge is 0.399 e. The molecule has 1 atom stereocenters. The van der Waals surface area contributed by atoms with E-state index in [2.05, 4.69) is 5.10 Å². The number of aromatic nitrogens is 2. The lowest BCUT2D eigenvalue weighted by molar-refractivity contribution is 0.00578. The predicted octanol–water partition coefficient (Wildman–Crippen LogP) is 1.76. The van der Waals surface area contributed by atoms with Crippen molar-refractivity contribution < 1.29 is 14.4 Å². The number of nitrogens with zero attached hydrogens (tertiary/aromatic N) is 2. The van der Waals surface area contributed by atoms with E-state index < -0.39 is 7.12 Å². The largest absolute Gasteiger partial charge is 0.498 e. The lowest BCUT2D eigenvalue weighted by Gasteiger charge is -2.32. The Bertz CT molecular complexity index is 653. The van der Waals surface area contributed by atoms with E-state index in [0.717, 1.165) is 11.0 Å². The molecule has 0 amide bonds. The summed E-state index contributed by atoms with van der Waals surface area (Å²) >= 11 is 0. The normalized spacial score (nSPS) is 20.7. The second-order valence-electron chi connectivity index (χ2n) is 6.95. The minimum Gasteiger partial charge on any atom is -0.399 e. The summed E-state index contributed by atoms with van der Waals surface area (Å²) < 4.78 is 13.8. The van der Waals surface area contributed by atoms with Gasteiger partial charge < -0.3 is 14.4 Å². The van der Waals surface area contributed by atoms with Gasteiger partial charge in [0.1, 0.15) is 0 Å². The summed E-state index contributed by atoms with van der Waals surface area (Å²) in [6.07, 6.45) is 3.63. The molecule has 0 radical (unpaired) electrons. The highest BCUT2D eigenvalue weighted by atomic mass is 16.7. The highest BCUT2D eigenvalue weighted by Crippen LogP contribution is 2.36. The molecular formula is C17H23BN2O3. The molecule has 23 heavy (non-hydrogen) atoms. The van der Waals surface area contributed by atoms with Gasteiger partial charge in [-0.1, -0.05) is 30.3 Å². The molecule has 2 heterocycles. The Hall–Kier alpha value is -1.63. The van der Waals surface area contributed by atoms with Crippen molar-refractivity contribution in [1.29, 1.82) is 0 Å². The summed E-state index contributed by atoms with van der Waals surface area (Å²) in [5, 5.41) is 14.2. The Balaban J connectivity index is 1.84. The molecule has 1 fully saturated rings. The first-order valence-electron chi connectivity index (χ1n) is 7.89. The fraction of sp³-hybridized carbons (Fsp3) is 0.471. The van der Waals surface area contributed by atoms with Gasteiger partial charge >= 0.3 is 7.12 Å². The zero-order valence-corrected chi connectivity index (χ0v) is 14.1. The Kier molecular flexibility index (Phi) is 4.08. The van der Waals surface area contributed by atoms with E-state index in [1.165, 1.54) is 0 Å². The quantitative estimate of drug-likeness (QED) is 0.874. The maximum Gasteiger partial charge on any atom is 0.498 e. The fourth-order valence-electron chi connectivity index (χ4n) is 2.64. The lowest BCUT2D eigenvalue weighted by atomic mass is 9.82. The van der Waals surface area contributed by atoms with Gasteiger partial charge in [0, 0.05) is 17.9 Å². The van der Waals surface area contributed by atoms with Crippen LogP contribution in [0.4, 0.5) is 0 Å². The summed E-state index contributed by atoms with van der Waals surface area (Å²) in [5.41, 5.74) is 1.11. The molecule has 122 valence electrons. The van der Waals surface area contributed by atoms with Crippen LogP contribution in [-0.2, 0) is 9.31 Å². The van der Waals surface area contributed by atoms with Crippen molar-refractivity contribution in [2.24, 2.45) is 0 Å². The zero-order valence-electron chi connectivity index (χ0n) is 14.1. The number of hydrogen-bond donors (Lipinski definition) is 1. The Morgan fingerprint density at radius 3 is 2.30 bits per heavy atom. The highest BCUT2D eigenvalue weighted by Gasteiger charge is 2.52. The second-order valence-corrected chi connectivity index (χ2v) is 6.95. The van der Waals surface area contributed by atoms with Crippen molar-refractivity contribution in [2.75, 3.05) is 6.61 Å². The van der Waals surface area contributed by atoms with Crippen LogP contribution in [0.15, 0.2) is 42.7 Å². The Morgan fingerprint density at radius 2 is 1.74 bits per heavy atom.